The van der Waals surface area contributed by atoms with Crippen LogP contribution in [0.2, 0.25) is 0 Å². The topological polar surface area (TPSA) is 63.6 Å². The highest BCUT2D eigenvalue weighted by molar-refractivity contribution is 5.69. The first-order valence-corrected chi connectivity index (χ1v) is 23.0. The zero-order valence-electron chi connectivity index (χ0n) is 34.2. The molecule has 0 aromatic carbocycles. The standard InChI is InChI=1S/C46H90O4/c1-3-5-6-7-8-9-10-11-12-13-14-19-22-25-28-31-34-37-40-43-46(49)50-44(4-2)41-38-35-32-29-26-23-20-17-15-16-18-21-24-27-30-33-36-39-42-45(47)48/h44H,3-43H2,1-2H3,(H,47,48). The van der Waals surface area contributed by atoms with Crippen LogP contribution in [-0.4, -0.2) is 23.1 Å². The molecular formula is C46H90O4. The first-order chi connectivity index (χ1) is 24.6. The fourth-order valence-corrected chi connectivity index (χ4v) is 7.42. The summed E-state index contributed by atoms with van der Waals surface area (Å²) in [5.74, 6) is -0.626. The van der Waals surface area contributed by atoms with E-state index in [0.717, 1.165) is 32.1 Å². The Bertz CT molecular complexity index is 677. The molecule has 0 rings (SSSR count). The van der Waals surface area contributed by atoms with Gasteiger partial charge in [0.05, 0.1) is 0 Å². The van der Waals surface area contributed by atoms with Crippen molar-refractivity contribution in [1.29, 1.82) is 0 Å². The first-order valence-electron chi connectivity index (χ1n) is 23.0. The van der Waals surface area contributed by atoms with Crippen LogP contribution in [0.4, 0.5) is 0 Å². The van der Waals surface area contributed by atoms with Gasteiger partial charge in [-0.15, -0.1) is 0 Å². The number of carboxylic acids is 1. The summed E-state index contributed by atoms with van der Waals surface area (Å²) in [5.41, 5.74) is 0. The highest BCUT2D eigenvalue weighted by Gasteiger charge is 2.12. The second-order valence-electron chi connectivity index (χ2n) is 15.9. The van der Waals surface area contributed by atoms with Crippen molar-refractivity contribution in [3.05, 3.63) is 0 Å². The zero-order chi connectivity index (χ0) is 36.4. The molecule has 0 radical (unpaired) electrons. The van der Waals surface area contributed by atoms with Crippen molar-refractivity contribution in [2.45, 2.75) is 283 Å². The molecule has 0 aromatic heterocycles. The Morgan fingerprint density at radius 3 is 0.920 bits per heavy atom. The predicted octanol–water partition coefficient (Wildman–Crippen LogP) is 16.0. The fourth-order valence-electron chi connectivity index (χ4n) is 7.42. The summed E-state index contributed by atoms with van der Waals surface area (Å²) in [5, 5.41) is 8.66. The average Bonchev–Trinajstić information content (AvgIpc) is 3.11. The van der Waals surface area contributed by atoms with E-state index in [-0.39, 0.29) is 12.1 Å². The van der Waals surface area contributed by atoms with Crippen molar-refractivity contribution in [1.82, 2.24) is 0 Å². The van der Waals surface area contributed by atoms with Gasteiger partial charge in [0, 0.05) is 12.8 Å². The molecule has 1 unspecified atom stereocenters. The molecule has 0 spiro atoms. The Morgan fingerprint density at radius 2 is 0.640 bits per heavy atom. The molecule has 0 aliphatic rings. The van der Waals surface area contributed by atoms with E-state index in [1.165, 1.54) is 218 Å². The van der Waals surface area contributed by atoms with Gasteiger partial charge < -0.3 is 9.84 Å². The van der Waals surface area contributed by atoms with Crippen LogP contribution in [0.1, 0.15) is 277 Å². The Labute approximate surface area is 313 Å². The Hall–Kier alpha value is -1.06. The maximum Gasteiger partial charge on any atom is 0.306 e. The number of hydrogen-bond acceptors (Lipinski definition) is 3. The molecule has 0 aliphatic carbocycles. The largest absolute Gasteiger partial charge is 0.481 e. The van der Waals surface area contributed by atoms with Crippen LogP contribution in [0, 0.1) is 0 Å². The van der Waals surface area contributed by atoms with Gasteiger partial charge in [-0.3, -0.25) is 9.59 Å². The third-order valence-electron chi connectivity index (χ3n) is 10.9. The van der Waals surface area contributed by atoms with Gasteiger partial charge >= 0.3 is 11.9 Å². The van der Waals surface area contributed by atoms with Crippen LogP contribution in [0.3, 0.4) is 0 Å². The van der Waals surface area contributed by atoms with Gasteiger partial charge in [-0.2, -0.15) is 0 Å². The second-order valence-corrected chi connectivity index (χ2v) is 15.9. The second kappa shape index (κ2) is 42.4. The zero-order valence-corrected chi connectivity index (χ0v) is 34.2. The molecule has 0 heterocycles. The van der Waals surface area contributed by atoms with Crippen LogP contribution < -0.4 is 0 Å². The van der Waals surface area contributed by atoms with E-state index in [4.69, 9.17) is 9.84 Å². The number of carbonyl (C=O) groups is 2. The Balaban J connectivity index is 3.35. The van der Waals surface area contributed by atoms with Crippen molar-refractivity contribution in [3.8, 4) is 0 Å². The molecule has 0 aliphatic heterocycles. The summed E-state index contributed by atoms with van der Waals surface area (Å²) in [4.78, 5) is 22.9. The van der Waals surface area contributed by atoms with Gasteiger partial charge in [0.1, 0.15) is 6.10 Å². The van der Waals surface area contributed by atoms with E-state index in [2.05, 4.69) is 13.8 Å². The Kier molecular flexibility index (Phi) is 41.5. The molecule has 0 saturated carbocycles. The number of aliphatic carboxylic acids is 1. The number of rotatable bonds is 43. The van der Waals surface area contributed by atoms with E-state index in [0.29, 0.717) is 12.8 Å². The van der Waals surface area contributed by atoms with Crippen LogP contribution >= 0.6 is 0 Å². The number of unbranched alkanes of at least 4 members (excludes halogenated alkanes) is 35. The van der Waals surface area contributed by atoms with Crippen LogP contribution in [-0.2, 0) is 14.3 Å². The molecule has 0 aromatic rings. The summed E-state index contributed by atoms with van der Waals surface area (Å²) >= 11 is 0. The lowest BCUT2D eigenvalue weighted by atomic mass is 10.0. The highest BCUT2D eigenvalue weighted by atomic mass is 16.5. The van der Waals surface area contributed by atoms with E-state index in [9.17, 15) is 9.59 Å². The SMILES string of the molecule is CCCCCCCCCCCCCCCCCCCCCC(=O)OC(CC)CCCCCCCCCCCCCCCCCCCCC(=O)O. The molecule has 298 valence electrons. The van der Waals surface area contributed by atoms with Crippen LogP contribution in [0.5, 0.6) is 0 Å². The van der Waals surface area contributed by atoms with E-state index in [1.807, 2.05) is 0 Å². The minimum absolute atomic E-state index is 0.0329. The molecule has 0 amide bonds. The summed E-state index contributed by atoms with van der Waals surface area (Å²) in [6.07, 6.45) is 52.5. The lowest BCUT2D eigenvalue weighted by molar-refractivity contribution is -0.149. The minimum Gasteiger partial charge on any atom is -0.481 e. The molecule has 4 nitrogen and oxygen atoms in total. The number of hydrogen-bond donors (Lipinski definition) is 1. The van der Waals surface area contributed by atoms with Gasteiger partial charge in [-0.1, -0.05) is 232 Å². The molecule has 1 N–H and O–H groups in total. The van der Waals surface area contributed by atoms with Gasteiger partial charge in [-0.05, 0) is 32.1 Å². The Morgan fingerprint density at radius 1 is 0.380 bits per heavy atom. The molecule has 4 heteroatoms. The quantitative estimate of drug-likeness (QED) is 0.0506. The minimum atomic E-state index is -0.659. The van der Waals surface area contributed by atoms with Gasteiger partial charge in [-0.25, -0.2) is 0 Å². The summed E-state index contributed by atoms with van der Waals surface area (Å²) in [6, 6.07) is 0. The molecular weight excluding hydrogens is 617 g/mol. The van der Waals surface area contributed by atoms with Crippen LogP contribution in [0.15, 0.2) is 0 Å². The summed E-state index contributed by atoms with van der Waals surface area (Å²) < 4.78 is 5.82. The van der Waals surface area contributed by atoms with Crippen molar-refractivity contribution in [3.63, 3.8) is 0 Å². The van der Waals surface area contributed by atoms with E-state index in [1.54, 1.807) is 0 Å². The third-order valence-corrected chi connectivity index (χ3v) is 10.9. The van der Waals surface area contributed by atoms with E-state index < -0.39 is 5.97 Å². The van der Waals surface area contributed by atoms with E-state index >= 15 is 0 Å². The smallest absolute Gasteiger partial charge is 0.306 e. The maximum atomic E-state index is 12.4. The third kappa shape index (κ3) is 41.4. The molecule has 0 fully saturated rings. The lowest BCUT2D eigenvalue weighted by Crippen LogP contribution is -2.17. The van der Waals surface area contributed by atoms with Crippen molar-refractivity contribution < 1.29 is 19.4 Å². The normalized spacial score (nSPS) is 12.0. The molecule has 0 saturated heterocycles. The van der Waals surface area contributed by atoms with Gasteiger partial charge in [0.15, 0.2) is 0 Å². The summed E-state index contributed by atoms with van der Waals surface area (Å²) in [7, 11) is 0. The number of carboxylic acid groups (broad SMARTS) is 1. The van der Waals surface area contributed by atoms with Crippen molar-refractivity contribution >= 4 is 11.9 Å². The highest BCUT2D eigenvalue weighted by Crippen LogP contribution is 2.18. The van der Waals surface area contributed by atoms with Gasteiger partial charge in [0.2, 0.25) is 0 Å². The predicted molar refractivity (Wildman–Crippen MR) is 218 cm³/mol. The fraction of sp³-hybridized carbons (Fsp3) is 0.957. The first kappa shape index (κ1) is 48.9. The number of esters is 1. The number of ether oxygens (including phenoxy) is 1. The molecule has 0 bridgehead atoms. The van der Waals surface area contributed by atoms with Gasteiger partial charge in [0.25, 0.3) is 0 Å². The maximum absolute atomic E-state index is 12.4. The molecule has 1 atom stereocenters. The van der Waals surface area contributed by atoms with Crippen molar-refractivity contribution in [2.24, 2.45) is 0 Å². The van der Waals surface area contributed by atoms with Crippen LogP contribution in [0.25, 0.3) is 0 Å². The lowest BCUT2D eigenvalue weighted by Gasteiger charge is -2.16. The number of carbonyl (C=O) groups excluding carboxylic acids is 1. The monoisotopic (exact) mass is 707 g/mol. The average molecular weight is 707 g/mol. The summed E-state index contributed by atoms with van der Waals surface area (Å²) in [6.45, 7) is 4.45. The molecule has 50 heavy (non-hydrogen) atoms. The van der Waals surface area contributed by atoms with Crippen molar-refractivity contribution in [2.75, 3.05) is 0 Å².